The van der Waals surface area contributed by atoms with Crippen LogP contribution in [0.2, 0.25) is 0 Å². The molecule has 0 saturated heterocycles. The number of hydrogen-bond acceptors (Lipinski definition) is 2. The summed E-state index contributed by atoms with van der Waals surface area (Å²) in [5, 5.41) is 0. The summed E-state index contributed by atoms with van der Waals surface area (Å²) in [4.78, 5) is -2.01. The van der Waals surface area contributed by atoms with E-state index in [2.05, 4.69) is 13.2 Å². The summed E-state index contributed by atoms with van der Waals surface area (Å²) in [6.45, 7) is 7.95. The van der Waals surface area contributed by atoms with Crippen LogP contribution < -0.4 is 9.47 Å². The van der Waals surface area contributed by atoms with Crippen molar-refractivity contribution in [1.29, 1.82) is 0 Å². The van der Waals surface area contributed by atoms with Crippen LogP contribution in [0.25, 0.3) is 0 Å². The van der Waals surface area contributed by atoms with E-state index >= 15 is 0 Å². The van der Waals surface area contributed by atoms with Gasteiger partial charge >= 0.3 is 10.2 Å². The lowest BCUT2D eigenvalue weighted by Gasteiger charge is -2.42. The maximum atomic E-state index is 13.5. The fraction of sp³-hybridized carbons (Fsp3) is 0.412. The molecule has 0 spiro atoms. The van der Waals surface area contributed by atoms with Gasteiger partial charge in [0.1, 0.15) is 11.5 Å². The first kappa shape index (κ1) is 21.3. The molecule has 2 nitrogen and oxygen atoms in total. The third-order valence-corrected chi connectivity index (χ3v) is 4.61. The van der Waals surface area contributed by atoms with Crippen LogP contribution in [0.5, 0.6) is 11.5 Å². The van der Waals surface area contributed by atoms with E-state index in [0.29, 0.717) is 25.7 Å². The van der Waals surface area contributed by atoms with Gasteiger partial charge in [0.25, 0.3) is 0 Å². The molecule has 0 atom stereocenters. The Morgan fingerprint density at radius 2 is 1.32 bits per heavy atom. The van der Waals surface area contributed by atoms with E-state index in [-0.39, 0.29) is 19.0 Å². The molecule has 0 amide bonds. The van der Waals surface area contributed by atoms with E-state index < -0.39 is 26.4 Å². The van der Waals surface area contributed by atoms with E-state index in [1.807, 2.05) is 0 Å². The van der Waals surface area contributed by atoms with Gasteiger partial charge in [-0.1, -0.05) is 31.6 Å². The molecular weight excluding hydrogens is 363 g/mol. The van der Waals surface area contributed by atoms with Gasteiger partial charge in [-0.3, -0.25) is 0 Å². The second-order valence-electron chi connectivity index (χ2n) is 5.54. The van der Waals surface area contributed by atoms with Gasteiger partial charge in [0.15, 0.2) is 4.90 Å². The first-order chi connectivity index (χ1) is 11.4. The van der Waals surface area contributed by atoms with Crippen molar-refractivity contribution in [1.82, 2.24) is 0 Å². The highest BCUT2D eigenvalue weighted by Crippen LogP contribution is 3.03. The van der Waals surface area contributed by atoms with Gasteiger partial charge < -0.3 is 9.47 Å². The maximum Gasteiger partial charge on any atom is 0.314 e. The summed E-state index contributed by atoms with van der Waals surface area (Å²) < 4.78 is 77.7. The summed E-state index contributed by atoms with van der Waals surface area (Å²) in [6.07, 6.45) is 5.22. The third-order valence-electron chi connectivity index (χ3n) is 3.33. The van der Waals surface area contributed by atoms with Gasteiger partial charge in [0.05, 0.1) is 13.2 Å². The fourth-order valence-corrected chi connectivity index (χ4v) is 3.40. The molecule has 0 N–H and O–H groups in total. The van der Waals surface area contributed by atoms with Crippen LogP contribution in [0.4, 0.5) is 19.4 Å². The van der Waals surface area contributed by atoms with E-state index in [0.717, 1.165) is 13.0 Å². The predicted octanol–water partition coefficient (Wildman–Crippen LogP) is 7.34. The average molecular weight is 386 g/mol. The third kappa shape index (κ3) is 6.61. The molecule has 0 heterocycles. The topological polar surface area (TPSA) is 18.5 Å². The predicted molar refractivity (Wildman–Crippen MR) is 92.4 cm³/mol. The minimum atomic E-state index is -9.94. The number of halogens is 5. The van der Waals surface area contributed by atoms with E-state index in [1.54, 1.807) is 12.2 Å². The summed E-state index contributed by atoms with van der Waals surface area (Å²) in [6, 6.07) is 2.11. The summed E-state index contributed by atoms with van der Waals surface area (Å²) in [7, 11) is -9.94. The smallest absolute Gasteiger partial charge is 0.314 e. The Bertz CT molecular complexity index is 626. The number of benzene rings is 1. The summed E-state index contributed by atoms with van der Waals surface area (Å²) in [5.74, 6) is -1.11. The zero-order valence-electron chi connectivity index (χ0n) is 14.1. The number of unbranched alkanes of at least 4 members (excludes halogenated alkanes) is 2. The van der Waals surface area contributed by atoms with Crippen LogP contribution >= 0.6 is 10.2 Å². The Hall–Kier alpha value is -1.70. The van der Waals surface area contributed by atoms with Crippen molar-refractivity contribution >= 4 is 10.2 Å². The zero-order valence-corrected chi connectivity index (χ0v) is 14.9. The Morgan fingerprint density at radius 3 is 1.76 bits per heavy atom. The van der Waals surface area contributed by atoms with Gasteiger partial charge in [-0.15, -0.1) is 13.2 Å². The monoisotopic (exact) mass is 386 g/mol. The van der Waals surface area contributed by atoms with Crippen LogP contribution in [0.1, 0.15) is 31.2 Å². The van der Waals surface area contributed by atoms with Crippen LogP contribution in [-0.4, -0.2) is 13.2 Å². The highest BCUT2D eigenvalue weighted by Gasteiger charge is 2.68. The van der Waals surface area contributed by atoms with Crippen molar-refractivity contribution in [2.45, 2.75) is 37.5 Å². The molecule has 0 aliphatic heterocycles. The molecule has 0 aliphatic rings. The lowest BCUT2D eigenvalue weighted by atomic mass is 10.2. The maximum absolute atomic E-state index is 13.5. The van der Waals surface area contributed by atoms with E-state index in [1.165, 1.54) is 6.07 Å². The molecule has 0 radical (unpaired) electrons. The highest BCUT2D eigenvalue weighted by molar-refractivity contribution is 8.45. The normalized spacial score (nSPS) is 14.3. The standard InChI is InChI=1S/C17H23F5O2S/c1-4-6-8-12-23-15-10-11-16(24-13-9-7-5-2)17(14(15)3)25(18,19,20,21)22/h4-5,10-11H,1-2,6-9,12-13H2,3H3. The molecular formula is C17H23F5O2S. The van der Waals surface area contributed by atoms with Gasteiger partial charge in [-0.2, -0.15) is 0 Å². The molecule has 0 aromatic heterocycles. The summed E-state index contributed by atoms with van der Waals surface area (Å²) >= 11 is 0. The number of allylic oxidation sites excluding steroid dienone is 2. The fourth-order valence-electron chi connectivity index (χ4n) is 2.22. The van der Waals surface area contributed by atoms with Crippen LogP contribution in [0.15, 0.2) is 42.3 Å². The molecule has 8 heteroatoms. The van der Waals surface area contributed by atoms with Crippen molar-refractivity contribution in [2.75, 3.05) is 13.2 Å². The number of hydrogen-bond donors (Lipinski definition) is 0. The van der Waals surface area contributed by atoms with Crippen LogP contribution in [-0.2, 0) is 0 Å². The number of ether oxygens (including phenoxy) is 2. The SMILES string of the molecule is C=CCCCOc1ccc(OCCCC=C)c(S(F)(F)(F)(F)F)c1C. The molecule has 1 aromatic carbocycles. The molecule has 0 saturated carbocycles. The molecule has 1 rings (SSSR count). The molecule has 144 valence electrons. The quantitative estimate of drug-likeness (QED) is 0.225. The minimum Gasteiger partial charge on any atom is -0.493 e. The number of rotatable bonds is 11. The summed E-state index contributed by atoms with van der Waals surface area (Å²) in [5.41, 5.74) is -0.668. The highest BCUT2D eigenvalue weighted by atomic mass is 32.5. The van der Waals surface area contributed by atoms with Gasteiger partial charge in [-0.25, -0.2) is 0 Å². The Balaban J connectivity index is 3.20. The van der Waals surface area contributed by atoms with Crippen molar-refractivity contribution in [3.63, 3.8) is 0 Å². The van der Waals surface area contributed by atoms with Crippen molar-refractivity contribution in [2.24, 2.45) is 0 Å². The average Bonchev–Trinajstić information content (AvgIpc) is 2.47. The van der Waals surface area contributed by atoms with Crippen molar-refractivity contribution < 1.29 is 28.9 Å². The molecule has 25 heavy (non-hydrogen) atoms. The minimum absolute atomic E-state index is 0.103. The van der Waals surface area contributed by atoms with Crippen LogP contribution in [0.3, 0.4) is 0 Å². The van der Waals surface area contributed by atoms with Gasteiger partial charge in [0, 0.05) is 5.56 Å². The molecule has 1 aromatic rings. The van der Waals surface area contributed by atoms with E-state index in [9.17, 15) is 19.4 Å². The first-order valence-corrected chi connectivity index (χ1v) is 9.71. The molecule has 0 unspecified atom stereocenters. The van der Waals surface area contributed by atoms with Crippen LogP contribution in [0, 0.1) is 6.92 Å². The lowest BCUT2D eigenvalue weighted by Crippen LogP contribution is -2.13. The van der Waals surface area contributed by atoms with Gasteiger partial charge in [0.2, 0.25) is 0 Å². The van der Waals surface area contributed by atoms with Crippen molar-refractivity contribution in [3.8, 4) is 11.5 Å². The lowest BCUT2D eigenvalue weighted by molar-refractivity contribution is 0.283. The van der Waals surface area contributed by atoms with Gasteiger partial charge in [-0.05, 0) is 44.7 Å². The first-order valence-electron chi connectivity index (χ1n) is 7.75. The Morgan fingerprint density at radius 1 is 0.880 bits per heavy atom. The Kier molecular flexibility index (Phi) is 6.21. The molecule has 0 fully saturated rings. The zero-order chi connectivity index (χ0) is 19.2. The van der Waals surface area contributed by atoms with Crippen molar-refractivity contribution in [3.05, 3.63) is 43.0 Å². The molecule has 0 aliphatic carbocycles. The van der Waals surface area contributed by atoms with E-state index in [4.69, 9.17) is 9.47 Å². The largest absolute Gasteiger partial charge is 0.493 e. The second kappa shape index (κ2) is 7.27. The second-order valence-corrected chi connectivity index (χ2v) is 7.89. The molecule has 0 bridgehead atoms. The Labute approximate surface area is 145 Å².